The first-order chi connectivity index (χ1) is 9.43. The van der Waals surface area contributed by atoms with E-state index in [4.69, 9.17) is 9.31 Å². The molecule has 0 fully saturated rings. The number of benzene rings is 2. The molecule has 2 aromatic carbocycles. The minimum atomic E-state index is -0.302. The summed E-state index contributed by atoms with van der Waals surface area (Å²) in [7, 11) is -0.302. The molecule has 0 aromatic heterocycles. The van der Waals surface area contributed by atoms with E-state index in [1.807, 2.05) is 82.3 Å². The summed E-state index contributed by atoms with van der Waals surface area (Å²) in [6, 6.07) is 17.6. The number of hydrogen-bond acceptors (Lipinski definition) is 2. The molecule has 1 aliphatic rings. The molecule has 1 aliphatic heterocycles. The van der Waals surface area contributed by atoms with Crippen LogP contribution in [-0.2, 0) is 0 Å². The molecule has 1 heterocycles. The van der Waals surface area contributed by atoms with Crippen LogP contribution in [0.25, 0.3) is 0 Å². The highest BCUT2D eigenvalue weighted by Gasteiger charge is 2.33. The van der Waals surface area contributed by atoms with E-state index in [1.165, 1.54) is 0 Å². The maximum absolute atomic E-state index is 5.67. The molecule has 0 spiro atoms. The molecule has 0 bridgehead atoms. The van der Waals surface area contributed by atoms with Gasteiger partial charge in [-0.1, -0.05) is 70.2 Å². The summed E-state index contributed by atoms with van der Waals surface area (Å²) in [4.78, 5) is 0. The lowest BCUT2D eigenvalue weighted by molar-refractivity contribution is 0.519. The van der Waals surface area contributed by atoms with Gasteiger partial charge in [0.15, 0.2) is 0 Å². The largest absolute Gasteiger partial charge is 0.632 e. The van der Waals surface area contributed by atoms with Gasteiger partial charge in [-0.15, -0.1) is 0 Å². The van der Waals surface area contributed by atoms with Crippen LogP contribution >= 0.6 is 0 Å². The normalized spacial score (nSPS) is 10.8. The average molecular weight is 256 g/mol. The van der Waals surface area contributed by atoms with E-state index in [9.17, 15) is 0 Å². The third kappa shape index (κ3) is 3.78. The third-order valence-electron chi connectivity index (χ3n) is 2.39. The van der Waals surface area contributed by atoms with Crippen LogP contribution in [0.5, 0.6) is 11.5 Å². The van der Waals surface area contributed by atoms with E-state index in [2.05, 4.69) is 0 Å². The Morgan fingerprint density at radius 2 is 1.05 bits per heavy atom. The Kier molecular flexibility index (Phi) is 6.58. The summed E-state index contributed by atoms with van der Waals surface area (Å²) in [5.41, 5.74) is 1.04. The summed E-state index contributed by atoms with van der Waals surface area (Å²) in [5.74, 6) is 1.62. The fraction of sp³-hybridized carbons (Fsp3) is 0.250. The van der Waals surface area contributed by atoms with Crippen molar-refractivity contribution in [3.8, 4) is 11.5 Å². The molecule has 0 amide bonds. The van der Waals surface area contributed by atoms with Crippen LogP contribution in [0.3, 0.4) is 0 Å². The van der Waals surface area contributed by atoms with E-state index >= 15 is 0 Å². The van der Waals surface area contributed by atoms with Gasteiger partial charge < -0.3 is 9.31 Å². The summed E-state index contributed by atoms with van der Waals surface area (Å²) in [6.45, 7) is 8.00. The van der Waals surface area contributed by atoms with Crippen molar-refractivity contribution >= 4 is 12.6 Å². The second kappa shape index (κ2) is 8.25. The van der Waals surface area contributed by atoms with Crippen molar-refractivity contribution in [1.82, 2.24) is 0 Å². The molecule has 0 radical (unpaired) electrons. The van der Waals surface area contributed by atoms with E-state index in [-0.39, 0.29) is 7.12 Å². The second-order valence-corrected chi connectivity index (χ2v) is 3.43. The van der Waals surface area contributed by atoms with Gasteiger partial charge in [0.25, 0.3) is 0 Å². The lowest BCUT2D eigenvalue weighted by Gasteiger charge is -2.03. The molecule has 0 atom stereocenters. The van der Waals surface area contributed by atoms with Gasteiger partial charge in [-0.25, -0.2) is 0 Å². The predicted octanol–water partition coefficient (Wildman–Crippen LogP) is 3.91. The zero-order valence-electron chi connectivity index (χ0n) is 12.1. The number of para-hydroxylation sites is 2. The SMILES string of the molecule is CC.CC.c1ccc(B2Oc3ccccc3O2)cc1. The zero-order chi connectivity index (χ0) is 14.1. The van der Waals surface area contributed by atoms with Gasteiger partial charge in [0, 0.05) is 5.46 Å². The monoisotopic (exact) mass is 256 g/mol. The third-order valence-corrected chi connectivity index (χ3v) is 2.39. The lowest BCUT2D eigenvalue weighted by Crippen LogP contribution is -2.38. The highest BCUT2D eigenvalue weighted by molar-refractivity contribution is 6.63. The van der Waals surface area contributed by atoms with Gasteiger partial charge in [-0.3, -0.25) is 0 Å². The number of rotatable bonds is 1. The van der Waals surface area contributed by atoms with Gasteiger partial charge in [0.1, 0.15) is 11.5 Å². The Labute approximate surface area is 116 Å². The minimum absolute atomic E-state index is 0.302. The molecule has 0 aliphatic carbocycles. The Hall–Kier alpha value is -1.90. The van der Waals surface area contributed by atoms with Gasteiger partial charge >= 0.3 is 7.12 Å². The molecule has 0 saturated carbocycles. The van der Waals surface area contributed by atoms with Crippen LogP contribution in [0.1, 0.15) is 27.7 Å². The smallest absolute Gasteiger partial charge is 0.519 e. The summed E-state index contributed by atoms with van der Waals surface area (Å²) < 4.78 is 11.3. The quantitative estimate of drug-likeness (QED) is 0.720. The first-order valence-electron chi connectivity index (χ1n) is 6.91. The lowest BCUT2D eigenvalue weighted by atomic mass is 9.79. The van der Waals surface area contributed by atoms with Crippen LogP contribution in [0.2, 0.25) is 0 Å². The van der Waals surface area contributed by atoms with E-state index in [0.717, 1.165) is 17.0 Å². The Bertz CT molecular complexity index is 446. The number of hydrogen-bond donors (Lipinski definition) is 0. The van der Waals surface area contributed by atoms with Crippen LogP contribution in [0.15, 0.2) is 54.6 Å². The Balaban J connectivity index is 0.000000415. The molecule has 19 heavy (non-hydrogen) atoms. The molecule has 0 unspecified atom stereocenters. The molecule has 0 saturated heterocycles. The van der Waals surface area contributed by atoms with Crippen LogP contribution in [0, 0.1) is 0 Å². The average Bonchev–Trinajstić information content (AvgIpc) is 2.96. The minimum Gasteiger partial charge on any atom is -0.519 e. The van der Waals surface area contributed by atoms with Crippen LogP contribution in [0.4, 0.5) is 0 Å². The molecule has 100 valence electrons. The first-order valence-corrected chi connectivity index (χ1v) is 6.91. The van der Waals surface area contributed by atoms with Crippen molar-refractivity contribution in [2.75, 3.05) is 0 Å². The highest BCUT2D eigenvalue weighted by Crippen LogP contribution is 2.32. The maximum atomic E-state index is 5.67. The van der Waals surface area contributed by atoms with Crippen molar-refractivity contribution in [1.29, 1.82) is 0 Å². The van der Waals surface area contributed by atoms with Crippen molar-refractivity contribution < 1.29 is 9.31 Å². The van der Waals surface area contributed by atoms with E-state index < -0.39 is 0 Å². The Morgan fingerprint density at radius 1 is 0.632 bits per heavy atom. The van der Waals surface area contributed by atoms with Crippen molar-refractivity contribution in [2.45, 2.75) is 27.7 Å². The second-order valence-electron chi connectivity index (χ2n) is 3.43. The van der Waals surface area contributed by atoms with E-state index in [1.54, 1.807) is 0 Å². The number of fused-ring (bicyclic) bond motifs is 1. The van der Waals surface area contributed by atoms with Gasteiger partial charge in [0.05, 0.1) is 0 Å². The Morgan fingerprint density at radius 3 is 1.53 bits per heavy atom. The van der Waals surface area contributed by atoms with Crippen molar-refractivity contribution in [3.63, 3.8) is 0 Å². The molecule has 3 heteroatoms. The standard InChI is InChI=1S/C12H9BO2.2C2H6/c1-2-6-10(7-3-1)13-14-11-8-4-5-9-12(11)15-13;2*1-2/h1-9H;2*1-2H3. The highest BCUT2D eigenvalue weighted by atomic mass is 16.6. The predicted molar refractivity (Wildman–Crippen MR) is 82.2 cm³/mol. The molecule has 3 rings (SSSR count). The summed E-state index contributed by atoms with van der Waals surface area (Å²) in [5, 5.41) is 0. The molecular formula is C16H21BO2. The van der Waals surface area contributed by atoms with Gasteiger partial charge in [-0.2, -0.15) is 0 Å². The molecular weight excluding hydrogens is 235 g/mol. The van der Waals surface area contributed by atoms with Gasteiger partial charge in [-0.05, 0) is 12.1 Å². The molecule has 2 nitrogen and oxygen atoms in total. The fourth-order valence-electron chi connectivity index (χ4n) is 1.65. The topological polar surface area (TPSA) is 18.5 Å². The van der Waals surface area contributed by atoms with Crippen LogP contribution in [-0.4, -0.2) is 7.12 Å². The van der Waals surface area contributed by atoms with Crippen molar-refractivity contribution in [2.24, 2.45) is 0 Å². The summed E-state index contributed by atoms with van der Waals surface area (Å²) >= 11 is 0. The zero-order valence-corrected chi connectivity index (χ0v) is 12.1. The fourth-order valence-corrected chi connectivity index (χ4v) is 1.65. The van der Waals surface area contributed by atoms with Gasteiger partial charge in [0.2, 0.25) is 0 Å². The molecule has 2 aromatic rings. The van der Waals surface area contributed by atoms with Crippen molar-refractivity contribution in [3.05, 3.63) is 54.6 Å². The first kappa shape index (κ1) is 15.2. The van der Waals surface area contributed by atoms with E-state index in [0.29, 0.717) is 0 Å². The van der Waals surface area contributed by atoms with Crippen LogP contribution < -0.4 is 14.8 Å². The summed E-state index contributed by atoms with van der Waals surface area (Å²) in [6.07, 6.45) is 0. The maximum Gasteiger partial charge on any atom is 0.632 e. The molecule has 0 N–H and O–H groups in total.